The third kappa shape index (κ3) is 6.43. The topological polar surface area (TPSA) is 114 Å². The zero-order valence-electron chi connectivity index (χ0n) is 13.9. The molecule has 2 N–H and O–H groups in total. The van der Waals surface area contributed by atoms with Crippen LogP contribution in [0.25, 0.3) is 0 Å². The number of nitrogens with one attached hydrogen (secondary N) is 1. The van der Waals surface area contributed by atoms with Crippen LogP contribution in [0.15, 0.2) is 41.5 Å². The number of halogens is 2. The number of aromatic hydroxyl groups is 1. The van der Waals surface area contributed by atoms with E-state index >= 15 is 0 Å². The Hall–Kier alpha value is -2.84. The van der Waals surface area contributed by atoms with Crippen LogP contribution in [0, 0.1) is 10.1 Å². The summed E-state index contributed by atoms with van der Waals surface area (Å²) in [6.45, 7) is 0.268. The highest BCUT2D eigenvalue weighted by atomic mass is 35.5. The average molecular weight is 412 g/mol. The van der Waals surface area contributed by atoms with Gasteiger partial charge in [-0.25, -0.2) is 5.43 Å². The Morgan fingerprint density at radius 2 is 2.07 bits per heavy atom. The number of non-ortho nitro benzene ring substituents is 1. The highest BCUT2D eigenvalue weighted by Crippen LogP contribution is 2.27. The molecule has 1 amide bonds. The minimum atomic E-state index is -0.595. The van der Waals surface area contributed by atoms with Gasteiger partial charge in [-0.3, -0.25) is 14.9 Å². The molecule has 142 valence electrons. The highest BCUT2D eigenvalue weighted by Gasteiger charge is 2.09. The van der Waals surface area contributed by atoms with Crippen molar-refractivity contribution < 1.29 is 19.6 Å². The Balaban J connectivity index is 1.77. The Morgan fingerprint density at radius 1 is 1.30 bits per heavy atom. The first-order valence-electron chi connectivity index (χ1n) is 7.74. The molecule has 0 aromatic heterocycles. The minimum absolute atomic E-state index is 0.116. The van der Waals surface area contributed by atoms with E-state index in [0.29, 0.717) is 22.2 Å². The largest absolute Gasteiger partial charge is 0.507 e. The first-order valence-corrected chi connectivity index (χ1v) is 8.49. The number of benzene rings is 2. The summed E-state index contributed by atoms with van der Waals surface area (Å²) in [4.78, 5) is 21.8. The predicted octanol–water partition coefficient (Wildman–Crippen LogP) is 3.92. The smallest absolute Gasteiger partial charge is 0.270 e. The molecule has 0 aliphatic rings. The highest BCUT2D eigenvalue weighted by molar-refractivity contribution is 6.35. The Morgan fingerprint density at radius 3 is 2.78 bits per heavy atom. The van der Waals surface area contributed by atoms with E-state index in [4.69, 9.17) is 27.9 Å². The molecule has 0 bridgehead atoms. The molecule has 8 nitrogen and oxygen atoms in total. The van der Waals surface area contributed by atoms with Crippen LogP contribution in [0.1, 0.15) is 18.4 Å². The van der Waals surface area contributed by atoms with Crippen molar-refractivity contribution in [2.24, 2.45) is 5.10 Å². The van der Waals surface area contributed by atoms with Crippen LogP contribution >= 0.6 is 23.2 Å². The summed E-state index contributed by atoms with van der Waals surface area (Å²) in [7, 11) is 0. The number of nitro groups is 1. The number of hydrogen-bond acceptors (Lipinski definition) is 6. The van der Waals surface area contributed by atoms with E-state index in [2.05, 4.69) is 10.5 Å². The second-order valence-electron chi connectivity index (χ2n) is 5.32. The molecular formula is C17H15Cl2N3O5. The van der Waals surface area contributed by atoms with Crippen LogP contribution in [0.3, 0.4) is 0 Å². The molecule has 10 heteroatoms. The van der Waals surface area contributed by atoms with Gasteiger partial charge in [0, 0.05) is 29.1 Å². The maximum atomic E-state index is 11.7. The lowest BCUT2D eigenvalue weighted by Crippen LogP contribution is -2.18. The van der Waals surface area contributed by atoms with Gasteiger partial charge in [-0.1, -0.05) is 23.2 Å². The summed E-state index contributed by atoms with van der Waals surface area (Å²) in [6, 6.07) is 8.34. The first-order chi connectivity index (χ1) is 12.9. The van der Waals surface area contributed by atoms with Crippen LogP contribution in [-0.2, 0) is 4.79 Å². The molecule has 0 aliphatic carbocycles. The summed E-state index contributed by atoms with van der Waals surface area (Å²) in [5.74, 6) is -0.0885. The van der Waals surface area contributed by atoms with E-state index in [9.17, 15) is 20.0 Å². The van der Waals surface area contributed by atoms with Crippen molar-refractivity contribution in [3.8, 4) is 11.5 Å². The molecule has 0 spiro atoms. The van der Waals surface area contributed by atoms with Crippen LogP contribution in [0.2, 0.25) is 10.0 Å². The van der Waals surface area contributed by atoms with Gasteiger partial charge >= 0.3 is 0 Å². The van der Waals surface area contributed by atoms with Gasteiger partial charge in [0.15, 0.2) is 0 Å². The number of nitrogens with zero attached hydrogens (tertiary/aromatic N) is 2. The van der Waals surface area contributed by atoms with Crippen molar-refractivity contribution in [2.45, 2.75) is 12.8 Å². The van der Waals surface area contributed by atoms with Crippen LogP contribution in [0.5, 0.6) is 11.5 Å². The number of ether oxygens (including phenoxy) is 1. The van der Waals surface area contributed by atoms with Crippen molar-refractivity contribution in [2.75, 3.05) is 6.61 Å². The second-order valence-corrected chi connectivity index (χ2v) is 6.16. The van der Waals surface area contributed by atoms with Gasteiger partial charge < -0.3 is 9.84 Å². The first kappa shape index (κ1) is 20.5. The van der Waals surface area contributed by atoms with E-state index in [1.165, 1.54) is 6.07 Å². The van der Waals surface area contributed by atoms with E-state index < -0.39 is 4.92 Å². The molecule has 0 atom stereocenters. The fourth-order valence-electron chi connectivity index (χ4n) is 2.00. The third-order valence-electron chi connectivity index (χ3n) is 3.31. The molecule has 0 radical (unpaired) electrons. The number of nitro benzene ring substituents is 1. The third-order valence-corrected chi connectivity index (χ3v) is 3.84. The number of hydrogen-bond donors (Lipinski definition) is 2. The quantitative estimate of drug-likeness (QED) is 0.295. The summed E-state index contributed by atoms with van der Waals surface area (Å²) in [5.41, 5.74) is 2.20. The molecule has 27 heavy (non-hydrogen) atoms. The summed E-state index contributed by atoms with van der Waals surface area (Å²) in [5, 5.41) is 24.9. The number of rotatable bonds is 8. The maximum Gasteiger partial charge on any atom is 0.270 e. The fraction of sp³-hybridized carbons (Fsp3) is 0.176. The molecule has 0 unspecified atom stereocenters. The van der Waals surface area contributed by atoms with Crippen molar-refractivity contribution in [3.63, 3.8) is 0 Å². The van der Waals surface area contributed by atoms with Gasteiger partial charge in [0.25, 0.3) is 5.69 Å². The maximum absolute atomic E-state index is 11.7. The van der Waals surface area contributed by atoms with Crippen molar-refractivity contribution in [1.82, 2.24) is 5.43 Å². The van der Waals surface area contributed by atoms with E-state index in [0.717, 1.165) is 18.3 Å². The Kier molecular flexibility index (Phi) is 7.39. The normalized spacial score (nSPS) is 10.7. The van der Waals surface area contributed by atoms with Gasteiger partial charge in [-0.05, 0) is 30.7 Å². The molecule has 2 rings (SSSR count). The lowest BCUT2D eigenvalue weighted by atomic mass is 10.2. The molecule has 0 saturated heterocycles. The lowest BCUT2D eigenvalue weighted by molar-refractivity contribution is -0.384. The van der Waals surface area contributed by atoms with Gasteiger partial charge in [0.1, 0.15) is 11.5 Å². The number of phenols is 1. The Bertz CT molecular complexity index is 874. The number of carbonyl (C=O) groups is 1. The molecule has 0 aliphatic heterocycles. The second kappa shape index (κ2) is 9.75. The van der Waals surface area contributed by atoms with Crippen molar-refractivity contribution >= 4 is 41.0 Å². The monoisotopic (exact) mass is 411 g/mol. The van der Waals surface area contributed by atoms with Crippen molar-refractivity contribution in [3.05, 3.63) is 62.1 Å². The number of hydrazone groups is 1. The van der Waals surface area contributed by atoms with Crippen molar-refractivity contribution in [1.29, 1.82) is 0 Å². The van der Waals surface area contributed by atoms with Crippen LogP contribution < -0.4 is 10.2 Å². The van der Waals surface area contributed by atoms with Gasteiger partial charge in [-0.2, -0.15) is 5.10 Å². The zero-order chi connectivity index (χ0) is 19.8. The van der Waals surface area contributed by atoms with E-state index in [1.54, 1.807) is 18.2 Å². The molecular weight excluding hydrogens is 397 g/mol. The molecule has 0 heterocycles. The molecule has 0 fully saturated rings. The van der Waals surface area contributed by atoms with E-state index in [-0.39, 0.29) is 35.9 Å². The van der Waals surface area contributed by atoms with Crippen LogP contribution in [-0.4, -0.2) is 28.8 Å². The predicted molar refractivity (Wildman–Crippen MR) is 102 cm³/mol. The standard InChI is InChI=1S/C17H15Cl2N3O5/c18-12-3-6-16(14(19)9-12)27-7-1-2-17(24)21-20-10-11-8-13(22(25)26)4-5-15(11)23/h3-6,8-10,23H,1-2,7H2,(H,21,24)/b20-10+. The van der Waals surface area contributed by atoms with Gasteiger partial charge in [0.2, 0.25) is 5.91 Å². The summed E-state index contributed by atoms with van der Waals surface area (Å²) in [6.07, 6.45) is 1.69. The summed E-state index contributed by atoms with van der Waals surface area (Å²) < 4.78 is 5.46. The number of phenolic OH excluding ortho intramolecular Hbond substituents is 1. The average Bonchev–Trinajstić information content (AvgIpc) is 2.61. The minimum Gasteiger partial charge on any atom is -0.507 e. The fourth-order valence-corrected chi connectivity index (χ4v) is 2.46. The SMILES string of the molecule is O=C(CCCOc1ccc(Cl)cc1Cl)N/N=C/c1cc([N+](=O)[O-])ccc1O. The van der Waals surface area contributed by atoms with Crippen LogP contribution in [0.4, 0.5) is 5.69 Å². The summed E-state index contributed by atoms with van der Waals surface area (Å²) >= 11 is 11.8. The van der Waals surface area contributed by atoms with Gasteiger partial charge in [0.05, 0.1) is 22.8 Å². The zero-order valence-corrected chi connectivity index (χ0v) is 15.4. The number of carbonyl (C=O) groups excluding carboxylic acids is 1. The van der Waals surface area contributed by atoms with Gasteiger partial charge in [-0.15, -0.1) is 0 Å². The molecule has 2 aromatic rings. The molecule has 2 aromatic carbocycles. The Labute approximate surface area is 164 Å². The lowest BCUT2D eigenvalue weighted by Gasteiger charge is -2.07. The number of amides is 1. The molecule has 0 saturated carbocycles. The van der Waals surface area contributed by atoms with E-state index in [1.807, 2.05) is 0 Å².